The molecule has 0 unspecified atom stereocenters. The van der Waals surface area contributed by atoms with Crippen LogP contribution in [0.1, 0.15) is 42.5 Å². The van der Waals surface area contributed by atoms with Crippen LogP contribution in [0.5, 0.6) is 0 Å². The van der Waals surface area contributed by atoms with E-state index in [2.05, 4.69) is 25.2 Å². The van der Waals surface area contributed by atoms with Crippen LogP contribution in [0.4, 0.5) is 11.5 Å². The minimum absolute atomic E-state index is 0.0623. The van der Waals surface area contributed by atoms with Gasteiger partial charge in [0.05, 0.1) is 17.1 Å². The van der Waals surface area contributed by atoms with Gasteiger partial charge in [-0.1, -0.05) is 6.07 Å². The lowest BCUT2D eigenvalue weighted by Crippen LogP contribution is -2.28. The minimum atomic E-state index is -3.95. The molecule has 0 amide bonds. The summed E-state index contributed by atoms with van der Waals surface area (Å²) >= 11 is 0. The van der Waals surface area contributed by atoms with E-state index < -0.39 is 10.0 Å². The van der Waals surface area contributed by atoms with Gasteiger partial charge in [0.2, 0.25) is 0 Å². The second kappa shape index (κ2) is 9.80. The molecule has 37 heavy (non-hydrogen) atoms. The average Bonchev–Trinajstić information content (AvgIpc) is 3.26. The predicted molar refractivity (Wildman–Crippen MR) is 140 cm³/mol. The van der Waals surface area contributed by atoms with Crippen LogP contribution in [0.3, 0.4) is 0 Å². The molecule has 1 aliphatic carbocycles. The van der Waals surface area contributed by atoms with Gasteiger partial charge >= 0.3 is 0 Å². The number of nitrogens with zero attached hydrogens (tertiary/aromatic N) is 4. The number of aliphatic hydroxyl groups is 1. The van der Waals surface area contributed by atoms with Gasteiger partial charge in [0, 0.05) is 23.0 Å². The van der Waals surface area contributed by atoms with E-state index in [4.69, 9.17) is 4.98 Å². The molecule has 0 radical (unpaired) electrons. The number of sulfonamides is 1. The SMILES string of the molecule is Cc1ccc(C#N)c(S(=O)(=O)Nc2ccc(-c3nc(NC4CCC(O)CC4)c4c(C)[nH]nc4n3)cc2)c1. The number of rotatable bonds is 6. The maximum atomic E-state index is 13.0. The van der Waals surface area contributed by atoms with Gasteiger partial charge in [0.1, 0.15) is 16.8 Å². The number of benzene rings is 2. The number of H-pyrrole nitrogens is 1. The Morgan fingerprint density at radius 2 is 1.78 bits per heavy atom. The largest absolute Gasteiger partial charge is 0.393 e. The molecule has 1 fully saturated rings. The number of anilines is 2. The van der Waals surface area contributed by atoms with Crippen molar-refractivity contribution in [2.24, 2.45) is 0 Å². The zero-order chi connectivity index (χ0) is 26.2. The summed E-state index contributed by atoms with van der Waals surface area (Å²) in [6.45, 7) is 3.69. The lowest BCUT2D eigenvalue weighted by atomic mass is 9.93. The van der Waals surface area contributed by atoms with E-state index in [1.165, 1.54) is 12.1 Å². The van der Waals surface area contributed by atoms with Gasteiger partial charge in [-0.2, -0.15) is 10.4 Å². The fourth-order valence-electron chi connectivity index (χ4n) is 4.56. The number of aryl methyl sites for hydroxylation is 2. The van der Waals surface area contributed by atoms with Crippen molar-refractivity contribution < 1.29 is 13.5 Å². The number of nitriles is 1. The fourth-order valence-corrected chi connectivity index (χ4v) is 5.86. The van der Waals surface area contributed by atoms with Crippen LogP contribution in [0.2, 0.25) is 0 Å². The molecule has 4 N–H and O–H groups in total. The molecular formula is C26H27N7O3S. The topological polar surface area (TPSA) is 157 Å². The van der Waals surface area contributed by atoms with Crippen molar-refractivity contribution in [1.82, 2.24) is 20.2 Å². The van der Waals surface area contributed by atoms with E-state index in [0.717, 1.165) is 42.3 Å². The number of hydrogen-bond donors (Lipinski definition) is 4. The summed E-state index contributed by atoms with van der Waals surface area (Å²) in [5, 5.41) is 30.8. The molecule has 0 aliphatic heterocycles. The van der Waals surface area contributed by atoms with Gasteiger partial charge in [-0.05, 0) is 81.5 Å². The molecule has 2 heterocycles. The molecule has 0 saturated heterocycles. The first kappa shape index (κ1) is 24.7. The van der Waals surface area contributed by atoms with Crippen LogP contribution < -0.4 is 10.0 Å². The molecule has 5 rings (SSSR count). The highest BCUT2D eigenvalue weighted by atomic mass is 32.2. The molecule has 10 nitrogen and oxygen atoms in total. The highest BCUT2D eigenvalue weighted by Crippen LogP contribution is 2.30. The summed E-state index contributed by atoms with van der Waals surface area (Å²) in [7, 11) is -3.95. The zero-order valence-electron chi connectivity index (χ0n) is 20.5. The van der Waals surface area contributed by atoms with Crippen molar-refractivity contribution >= 4 is 32.6 Å². The molecule has 2 aromatic carbocycles. The number of aromatic amines is 1. The molecule has 190 valence electrons. The maximum absolute atomic E-state index is 13.0. The number of fused-ring (bicyclic) bond motifs is 1. The molecule has 0 spiro atoms. The summed E-state index contributed by atoms with van der Waals surface area (Å²) in [6, 6.07) is 13.5. The second-order valence-corrected chi connectivity index (χ2v) is 11.0. The third-order valence-corrected chi connectivity index (χ3v) is 8.00. The molecule has 1 saturated carbocycles. The average molecular weight is 518 g/mol. The van der Waals surface area contributed by atoms with Gasteiger partial charge in [0.25, 0.3) is 10.0 Å². The highest BCUT2D eigenvalue weighted by Gasteiger charge is 2.23. The van der Waals surface area contributed by atoms with E-state index in [1.807, 2.05) is 13.0 Å². The number of hydrogen-bond acceptors (Lipinski definition) is 8. The molecule has 0 bridgehead atoms. The van der Waals surface area contributed by atoms with E-state index in [0.29, 0.717) is 28.5 Å². The Kier molecular flexibility index (Phi) is 6.54. The fraction of sp³-hybridized carbons (Fsp3) is 0.308. The first-order chi connectivity index (χ1) is 17.7. The standard InChI is InChI=1S/C26H27N7O3S/c1-15-3-4-18(14-27)22(13-15)37(35,36)33-20-7-5-17(6-8-20)24-29-25(23-16(2)31-32-26(23)30-24)28-19-9-11-21(34)12-10-19/h3-8,13,19,21,33-34H,9-12H2,1-2H3,(H2,28,29,30,31,32). The summed E-state index contributed by atoms with van der Waals surface area (Å²) in [5.41, 5.74) is 3.26. The smallest absolute Gasteiger partial charge is 0.263 e. The van der Waals surface area contributed by atoms with Gasteiger partial charge in [0.15, 0.2) is 11.5 Å². The molecule has 4 aromatic rings. The van der Waals surface area contributed by atoms with Gasteiger partial charge in [-0.15, -0.1) is 0 Å². The third-order valence-electron chi connectivity index (χ3n) is 6.57. The van der Waals surface area contributed by atoms with Crippen molar-refractivity contribution in [3.63, 3.8) is 0 Å². The Hall–Kier alpha value is -4.01. The lowest BCUT2D eigenvalue weighted by Gasteiger charge is -2.27. The molecule has 11 heteroatoms. The summed E-state index contributed by atoms with van der Waals surface area (Å²) < 4.78 is 28.5. The van der Waals surface area contributed by atoms with E-state index in [-0.39, 0.29) is 22.6 Å². The van der Waals surface area contributed by atoms with Crippen LogP contribution in [0.25, 0.3) is 22.4 Å². The van der Waals surface area contributed by atoms with Crippen LogP contribution in [-0.2, 0) is 10.0 Å². The summed E-state index contributed by atoms with van der Waals surface area (Å²) in [6.07, 6.45) is 2.95. The van der Waals surface area contributed by atoms with E-state index >= 15 is 0 Å². The van der Waals surface area contributed by atoms with Crippen molar-refractivity contribution in [2.45, 2.75) is 56.6 Å². The van der Waals surface area contributed by atoms with E-state index in [1.54, 1.807) is 37.3 Å². The van der Waals surface area contributed by atoms with E-state index in [9.17, 15) is 18.8 Å². The Balaban J connectivity index is 1.42. The van der Waals surface area contributed by atoms with Gasteiger partial charge < -0.3 is 10.4 Å². The summed E-state index contributed by atoms with van der Waals surface area (Å²) in [4.78, 5) is 9.33. The normalized spacial score (nSPS) is 17.9. The van der Waals surface area contributed by atoms with Crippen molar-refractivity contribution in [2.75, 3.05) is 10.0 Å². The molecule has 2 aromatic heterocycles. The number of aliphatic hydroxyl groups excluding tert-OH is 1. The third kappa shape index (κ3) is 5.12. The van der Waals surface area contributed by atoms with Crippen molar-refractivity contribution in [3.05, 3.63) is 59.3 Å². The summed E-state index contributed by atoms with van der Waals surface area (Å²) in [5.74, 6) is 1.14. The Bertz CT molecular complexity index is 1600. The van der Waals surface area contributed by atoms with Crippen LogP contribution in [-0.4, -0.2) is 45.8 Å². The monoisotopic (exact) mass is 517 g/mol. The second-order valence-electron chi connectivity index (χ2n) is 9.39. The zero-order valence-corrected chi connectivity index (χ0v) is 21.3. The number of aromatic nitrogens is 4. The predicted octanol–water partition coefficient (Wildman–Crippen LogP) is 4.02. The molecule has 1 aliphatic rings. The Morgan fingerprint density at radius 1 is 1.05 bits per heavy atom. The lowest BCUT2D eigenvalue weighted by molar-refractivity contribution is 0.126. The van der Waals surface area contributed by atoms with Crippen LogP contribution in [0, 0.1) is 25.2 Å². The van der Waals surface area contributed by atoms with Crippen molar-refractivity contribution in [3.8, 4) is 17.5 Å². The quantitative estimate of drug-likeness (QED) is 0.299. The Morgan fingerprint density at radius 3 is 2.49 bits per heavy atom. The molecule has 0 atom stereocenters. The van der Waals surface area contributed by atoms with Gasteiger partial charge in [-0.3, -0.25) is 9.82 Å². The number of nitrogens with one attached hydrogen (secondary N) is 3. The minimum Gasteiger partial charge on any atom is -0.393 e. The van der Waals surface area contributed by atoms with Crippen LogP contribution >= 0.6 is 0 Å². The molecular weight excluding hydrogens is 490 g/mol. The Labute approximate surface area is 214 Å². The van der Waals surface area contributed by atoms with Gasteiger partial charge in [-0.25, -0.2) is 18.4 Å². The van der Waals surface area contributed by atoms with Crippen LogP contribution in [0.15, 0.2) is 47.4 Å². The first-order valence-electron chi connectivity index (χ1n) is 12.0. The van der Waals surface area contributed by atoms with Crippen molar-refractivity contribution in [1.29, 1.82) is 5.26 Å². The highest BCUT2D eigenvalue weighted by molar-refractivity contribution is 7.92. The maximum Gasteiger partial charge on any atom is 0.263 e. The first-order valence-corrected chi connectivity index (χ1v) is 13.5.